The van der Waals surface area contributed by atoms with Crippen LogP contribution in [-0.4, -0.2) is 32.5 Å². The molecular weight excluding hydrogens is 470 g/mol. The number of carbonyl (C=O) groups is 1. The molecular formula is C28H35N5O2S. The number of amides is 1. The number of thioether (sulfide) groups is 1. The van der Waals surface area contributed by atoms with Gasteiger partial charge in [0.05, 0.1) is 11.7 Å². The van der Waals surface area contributed by atoms with Gasteiger partial charge in [0.1, 0.15) is 11.8 Å². The first kappa shape index (κ1) is 25.8. The molecule has 1 atom stereocenters. The smallest absolute Gasteiger partial charge is 0.255 e. The molecule has 1 amide bonds. The largest absolute Gasteiger partial charge is 0.491 e. The molecule has 1 aliphatic rings. The third kappa shape index (κ3) is 5.59. The van der Waals surface area contributed by atoms with Gasteiger partial charge in [-0.2, -0.15) is 4.98 Å². The number of carbonyl (C=O) groups excluding carboxylic acids is 1. The molecule has 1 aliphatic heterocycles. The first-order valence-electron chi connectivity index (χ1n) is 12.5. The fourth-order valence-corrected chi connectivity index (χ4v) is 5.12. The zero-order valence-electron chi connectivity index (χ0n) is 21.9. The Kier molecular flexibility index (Phi) is 8.04. The van der Waals surface area contributed by atoms with E-state index in [1.807, 2.05) is 81.8 Å². The van der Waals surface area contributed by atoms with Crippen LogP contribution in [0.25, 0.3) is 0 Å². The third-order valence-electron chi connectivity index (χ3n) is 6.21. The molecule has 8 heteroatoms. The third-order valence-corrected chi connectivity index (χ3v) is 7.13. The number of aromatic nitrogens is 3. The standard InChI is InChI=1S/C28H35N5O2S/c1-7-8-15-36-28-31-27-29-20(6)24(26(34)30-23-14-9-11-18(4)19(23)5)25(33(27)32-28)21-12-10-13-22(16-21)35-17(2)3/h9-14,16-17,25H,7-8,15H2,1-6H3,(H,30,34)(H,29,31,32). The summed E-state index contributed by atoms with van der Waals surface area (Å²) in [6, 6.07) is 13.4. The van der Waals surface area contributed by atoms with E-state index in [1.165, 1.54) is 0 Å². The van der Waals surface area contributed by atoms with E-state index in [2.05, 4.69) is 17.6 Å². The highest BCUT2D eigenvalue weighted by Gasteiger charge is 2.34. The van der Waals surface area contributed by atoms with Crippen LogP contribution in [0.1, 0.15) is 63.3 Å². The normalized spacial score (nSPS) is 15.0. The summed E-state index contributed by atoms with van der Waals surface area (Å²) in [6.07, 6.45) is 2.26. The average Bonchev–Trinajstić information content (AvgIpc) is 3.23. The molecule has 0 spiro atoms. The van der Waals surface area contributed by atoms with E-state index < -0.39 is 6.04 Å². The van der Waals surface area contributed by atoms with Gasteiger partial charge in [0.25, 0.3) is 5.91 Å². The Morgan fingerprint density at radius 2 is 1.97 bits per heavy atom. The summed E-state index contributed by atoms with van der Waals surface area (Å²) in [5, 5.41) is 12.0. The predicted octanol–water partition coefficient (Wildman–Crippen LogP) is 6.50. The molecule has 0 radical (unpaired) electrons. The minimum absolute atomic E-state index is 0.0427. The monoisotopic (exact) mass is 505 g/mol. The fourth-order valence-electron chi connectivity index (χ4n) is 4.21. The van der Waals surface area contributed by atoms with Crippen molar-refractivity contribution in [3.8, 4) is 5.75 Å². The van der Waals surface area contributed by atoms with Crippen molar-refractivity contribution in [1.82, 2.24) is 14.8 Å². The van der Waals surface area contributed by atoms with Gasteiger partial charge in [-0.05, 0) is 75.9 Å². The van der Waals surface area contributed by atoms with E-state index in [4.69, 9.17) is 14.8 Å². The number of rotatable bonds is 9. The van der Waals surface area contributed by atoms with Crippen LogP contribution in [0.4, 0.5) is 11.6 Å². The lowest BCUT2D eigenvalue weighted by Gasteiger charge is -2.29. The highest BCUT2D eigenvalue weighted by Crippen LogP contribution is 2.38. The SMILES string of the molecule is CCCCSc1nc2n(n1)C(c1cccc(OC(C)C)c1)C(C(=O)Nc1cccc(C)c1C)=C(C)N2. The first-order valence-corrected chi connectivity index (χ1v) is 13.5. The second kappa shape index (κ2) is 11.2. The summed E-state index contributed by atoms with van der Waals surface area (Å²) in [7, 11) is 0. The lowest BCUT2D eigenvalue weighted by atomic mass is 9.94. The minimum atomic E-state index is -0.449. The number of fused-ring (bicyclic) bond motifs is 1. The zero-order valence-corrected chi connectivity index (χ0v) is 22.7. The Bertz CT molecular complexity index is 1280. The molecule has 0 bridgehead atoms. The molecule has 3 aromatic rings. The van der Waals surface area contributed by atoms with Crippen LogP contribution in [0.2, 0.25) is 0 Å². The van der Waals surface area contributed by atoms with E-state index in [9.17, 15) is 4.79 Å². The van der Waals surface area contributed by atoms with Crippen LogP contribution in [0.3, 0.4) is 0 Å². The maximum atomic E-state index is 13.8. The first-order chi connectivity index (χ1) is 17.3. The summed E-state index contributed by atoms with van der Waals surface area (Å²) in [6.45, 7) is 12.1. The number of unbranched alkanes of at least 4 members (excludes halogenated alkanes) is 1. The molecule has 4 rings (SSSR count). The molecule has 2 N–H and O–H groups in total. The summed E-state index contributed by atoms with van der Waals surface area (Å²) in [4.78, 5) is 18.5. The van der Waals surface area contributed by atoms with E-state index in [0.717, 1.165) is 52.4 Å². The van der Waals surface area contributed by atoms with Gasteiger partial charge >= 0.3 is 0 Å². The predicted molar refractivity (Wildman–Crippen MR) is 147 cm³/mol. The lowest BCUT2D eigenvalue weighted by Crippen LogP contribution is -2.31. The quantitative estimate of drug-likeness (QED) is 0.255. The Morgan fingerprint density at radius 1 is 1.19 bits per heavy atom. The molecule has 1 unspecified atom stereocenters. The van der Waals surface area contributed by atoms with E-state index >= 15 is 0 Å². The second-order valence-electron chi connectivity index (χ2n) is 9.37. The number of benzene rings is 2. The van der Waals surface area contributed by atoms with Crippen molar-refractivity contribution < 1.29 is 9.53 Å². The molecule has 0 saturated carbocycles. The fraction of sp³-hybridized carbons (Fsp3) is 0.393. The van der Waals surface area contributed by atoms with E-state index in [1.54, 1.807) is 11.8 Å². The van der Waals surface area contributed by atoms with Crippen molar-refractivity contribution in [3.63, 3.8) is 0 Å². The molecule has 1 aromatic heterocycles. The Labute approximate surface area is 217 Å². The van der Waals surface area contributed by atoms with Gasteiger partial charge in [-0.1, -0.05) is 49.4 Å². The summed E-state index contributed by atoms with van der Waals surface area (Å²) < 4.78 is 7.80. The van der Waals surface area contributed by atoms with Gasteiger partial charge in [0, 0.05) is 17.1 Å². The van der Waals surface area contributed by atoms with Gasteiger partial charge < -0.3 is 15.4 Å². The van der Waals surface area contributed by atoms with Crippen molar-refractivity contribution in [2.45, 2.75) is 71.7 Å². The van der Waals surface area contributed by atoms with Gasteiger partial charge in [-0.3, -0.25) is 4.79 Å². The van der Waals surface area contributed by atoms with Crippen molar-refractivity contribution in [3.05, 3.63) is 70.4 Å². The Balaban J connectivity index is 1.76. The number of anilines is 2. The maximum Gasteiger partial charge on any atom is 0.255 e. The maximum absolute atomic E-state index is 13.8. The molecule has 0 fully saturated rings. The van der Waals surface area contributed by atoms with E-state index in [-0.39, 0.29) is 12.0 Å². The number of nitrogens with one attached hydrogen (secondary N) is 2. The van der Waals surface area contributed by atoms with Crippen LogP contribution in [-0.2, 0) is 4.79 Å². The lowest BCUT2D eigenvalue weighted by molar-refractivity contribution is -0.113. The highest BCUT2D eigenvalue weighted by molar-refractivity contribution is 7.99. The van der Waals surface area contributed by atoms with Gasteiger partial charge in [-0.25, -0.2) is 4.68 Å². The second-order valence-corrected chi connectivity index (χ2v) is 10.4. The number of aryl methyl sites for hydroxylation is 1. The number of allylic oxidation sites excluding steroid dienone is 1. The number of hydrogen-bond donors (Lipinski definition) is 2. The zero-order chi connectivity index (χ0) is 25.8. The summed E-state index contributed by atoms with van der Waals surface area (Å²) in [5.41, 5.74) is 5.24. The topological polar surface area (TPSA) is 81.1 Å². The van der Waals surface area contributed by atoms with Crippen LogP contribution in [0, 0.1) is 13.8 Å². The van der Waals surface area contributed by atoms with Gasteiger partial charge in [0.2, 0.25) is 11.1 Å². The molecule has 2 heterocycles. The highest BCUT2D eigenvalue weighted by atomic mass is 32.2. The summed E-state index contributed by atoms with van der Waals surface area (Å²) in [5.74, 6) is 2.17. The molecule has 2 aromatic carbocycles. The summed E-state index contributed by atoms with van der Waals surface area (Å²) >= 11 is 1.64. The van der Waals surface area contributed by atoms with Crippen molar-refractivity contribution in [2.75, 3.05) is 16.4 Å². The van der Waals surface area contributed by atoms with Crippen molar-refractivity contribution in [1.29, 1.82) is 0 Å². The van der Waals surface area contributed by atoms with Crippen LogP contribution in [0.5, 0.6) is 5.75 Å². The molecule has 0 saturated heterocycles. The Hall–Kier alpha value is -3.26. The molecule has 190 valence electrons. The number of ether oxygens (including phenoxy) is 1. The van der Waals surface area contributed by atoms with Crippen LogP contribution in [0.15, 0.2) is 58.9 Å². The van der Waals surface area contributed by atoms with Crippen LogP contribution >= 0.6 is 11.8 Å². The van der Waals surface area contributed by atoms with Crippen molar-refractivity contribution in [2.24, 2.45) is 0 Å². The van der Waals surface area contributed by atoms with Gasteiger partial charge in [0.15, 0.2) is 0 Å². The minimum Gasteiger partial charge on any atom is -0.491 e. The number of nitrogens with zero attached hydrogens (tertiary/aromatic N) is 3. The number of hydrogen-bond acceptors (Lipinski definition) is 6. The Morgan fingerprint density at radius 3 is 2.72 bits per heavy atom. The average molecular weight is 506 g/mol. The molecule has 7 nitrogen and oxygen atoms in total. The molecule has 0 aliphatic carbocycles. The van der Waals surface area contributed by atoms with Crippen molar-refractivity contribution >= 4 is 29.3 Å². The van der Waals surface area contributed by atoms with Gasteiger partial charge in [-0.15, -0.1) is 5.10 Å². The van der Waals surface area contributed by atoms with E-state index in [0.29, 0.717) is 16.7 Å². The molecule has 36 heavy (non-hydrogen) atoms. The van der Waals surface area contributed by atoms with Crippen LogP contribution < -0.4 is 15.4 Å².